The molecule has 0 saturated heterocycles. The van der Waals surface area contributed by atoms with E-state index in [0.29, 0.717) is 25.4 Å². The normalized spacial score (nSPS) is 10.4. The van der Waals surface area contributed by atoms with Crippen molar-refractivity contribution in [2.45, 2.75) is 6.92 Å². The molecule has 0 unspecified atom stereocenters. The van der Waals surface area contributed by atoms with E-state index in [1.165, 1.54) is 17.0 Å². The Morgan fingerprint density at radius 3 is 2.78 bits per heavy atom. The highest BCUT2D eigenvalue weighted by molar-refractivity contribution is 5.94. The number of halogens is 1. The molecule has 0 heterocycles. The van der Waals surface area contributed by atoms with Crippen LogP contribution in [0.2, 0.25) is 0 Å². The Kier molecular flexibility index (Phi) is 6.32. The van der Waals surface area contributed by atoms with Gasteiger partial charge in [0.25, 0.3) is 5.91 Å². The molecule has 0 atom stereocenters. The van der Waals surface area contributed by atoms with Gasteiger partial charge in [0.05, 0.1) is 13.2 Å². The number of rotatable bonds is 7. The van der Waals surface area contributed by atoms with Crippen LogP contribution in [0.4, 0.5) is 10.1 Å². The lowest BCUT2D eigenvalue weighted by atomic mass is 10.2. The SMILES string of the molecule is CCN(C(=O)COCCOC)c1cccc(F)c1. The molecular formula is C13H18FNO3. The van der Waals surface area contributed by atoms with Crippen LogP contribution in [-0.4, -0.2) is 39.4 Å². The third kappa shape index (κ3) is 4.43. The van der Waals surface area contributed by atoms with Crippen molar-refractivity contribution in [2.24, 2.45) is 0 Å². The molecule has 0 saturated carbocycles. The van der Waals surface area contributed by atoms with Gasteiger partial charge in [-0.3, -0.25) is 4.79 Å². The molecule has 1 amide bonds. The fraction of sp³-hybridized carbons (Fsp3) is 0.462. The van der Waals surface area contributed by atoms with Crippen molar-refractivity contribution in [2.75, 3.05) is 38.4 Å². The van der Waals surface area contributed by atoms with Gasteiger partial charge in [-0.15, -0.1) is 0 Å². The monoisotopic (exact) mass is 255 g/mol. The van der Waals surface area contributed by atoms with Crippen molar-refractivity contribution in [1.82, 2.24) is 0 Å². The standard InChI is InChI=1S/C13H18FNO3/c1-3-15(12-6-4-5-11(14)9-12)13(16)10-18-8-7-17-2/h4-6,9H,3,7-8,10H2,1-2H3. The summed E-state index contributed by atoms with van der Waals surface area (Å²) in [6.45, 7) is 3.07. The average molecular weight is 255 g/mol. The van der Waals surface area contributed by atoms with E-state index in [9.17, 15) is 9.18 Å². The molecule has 0 aliphatic rings. The zero-order valence-corrected chi connectivity index (χ0v) is 10.7. The quantitative estimate of drug-likeness (QED) is 0.698. The number of anilines is 1. The van der Waals surface area contributed by atoms with Crippen molar-refractivity contribution in [3.05, 3.63) is 30.1 Å². The second kappa shape index (κ2) is 7.79. The molecule has 0 radical (unpaired) electrons. The van der Waals surface area contributed by atoms with Crippen LogP contribution in [-0.2, 0) is 14.3 Å². The molecule has 0 N–H and O–H groups in total. The fourth-order valence-electron chi connectivity index (χ4n) is 1.53. The second-order valence-corrected chi connectivity index (χ2v) is 3.66. The number of carbonyl (C=O) groups excluding carboxylic acids is 1. The first-order valence-corrected chi connectivity index (χ1v) is 5.81. The predicted octanol–water partition coefficient (Wildman–Crippen LogP) is 1.84. The summed E-state index contributed by atoms with van der Waals surface area (Å²) in [5, 5.41) is 0. The molecular weight excluding hydrogens is 237 g/mol. The van der Waals surface area contributed by atoms with Gasteiger partial charge in [0.15, 0.2) is 0 Å². The minimum absolute atomic E-state index is 0.0340. The Labute approximate surface area is 106 Å². The number of likely N-dealkylation sites (N-methyl/N-ethyl adjacent to an activating group) is 1. The lowest BCUT2D eigenvalue weighted by molar-refractivity contribution is -0.123. The summed E-state index contributed by atoms with van der Waals surface area (Å²) in [4.78, 5) is 13.4. The van der Waals surface area contributed by atoms with Gasteiger partial charge >= 0.3 is 0 Å². The smallest absolute Gasteiger partial charge is 0.252 e. The molecule has 0 aliphatic heterocycles. The molecule has 0 bridgehead atoms. The summed E-state index contributed by atoms with van der Waals surface area (Å²) in [5.41, 5.74) is 0.540. The summed E-state index contributed by atoms with van der Waals surface area (Å²) >= 11 is 0. The number of ether oxygens (including phenoxy) is 2. The van der Waals surface area contributed by atoms with Crippen LogP contribution in [0.3, 0.4) is 0 Å². The predicted molar refractivity (Wildman–Crippen MR) is 67.1 cm³/mol. The highest BCUT2D eigenvalue weighted by atomic mass is 19.1. The summed E-state index contributed by atoms with van der Waals surface area (Å²) in [5.74, 6) is -0.557. The Balaban J connectivity index is 2.57. The third-order valence-electron chi connectivity index (χ3n) is 2.39. The summed E-state index contributed by atoms with van der Waals surface area (Å²) in [6, 6.07) is 5.94. The molecule has 18 heavy (non-hydrogen) atoms. The van der Waals surface area contributed by atoms with Crippen LogP contribution in [0.15, 0.2) is 24.3 Å². The highest BCUT2D eigenvalue weighted by Gasteiger charge is 2.14. The Hall–Kier alpha value is -1.46. The van der Waals surface area contributed by atoms with Gasteiger partial charge in [-0.25, -0.2) is 4.39 Å². The summed E-state index contributed by atoms with van der Waals surface area (Å²) in [6.07, 6.45) is 0. The van der Waals surface area contributed by atoms with E-state index >= 15 is 0 Å². The molecule has 0 aliphatic carbocycles. The van der Waals surface area contributed by atoms with E-state index in [0.717, 1.165) is 0 Å². The topological polar surface area (TPSA) is 38.8 Å². The first kappa shape index (κ1) is 14.6. The molecule has 100 valence electrons. The van der Waals surface area contributed by atoms with E-state index in [1.54, 1.807) is 19.2 Å². The molecule has 0 fully saturated rings. The average Bonchev–Trinajstić information content (AvgIpc) is 2.36. The maximum Gasteiger partial charge on any atom is 0.252 e. The van der Waals surface area contributed by atoms with Gasteiger partial charge in [0, 0.05) is 19.3 Å². The number of benzene rings is 1. The van der Waals surface area contributed by atoms with Crippen molar-refractivity contribution in [1.29, 1.82) is 0 Å². The van der Waals surface area contributed by atoms with Crippen LogP contribution < -0.4 is 4.90 Å². The molecule has 4 nitrogen and oxygen atoms in total. The molecule has 1 rings (SSSR count). The Morgan fingerprint density at radius 1 is 1.39 bits per heavy atom. The molecule has 1 aromatic rings. The van der Waals surface area contributed by atoms with E-state index in [4.69, 9.17) is 9.47 Å². The zero-order chi connectivity index (χ0) is 13.4. The van der Waals surface area contributed by atoms with Crippen molar-refractivity contribution in [3.63, 3.8) is 0 Å². The Bertz CT molecular complexity index is 384. The number of methoxy groups -OCH3 is 1. The van der Waals surface area contributed by atoms with Gasteiger partial charge in [-0.2, -0.15) is 0 Å². The van der Waals surface area contributed by atoms with E-state index in [1.807, 2.05) is 6.92 Å². The van der Waals surface area contributed by atoms with E-state index in [-0.39, 0.29) is 18.3 Å². The van der Waals surface area contributed by atoms with Crippen LogP contribution in [0.5, 0.6) is 0 Å². The molecule has 1 aromatic carbocycles. The van der Waals surface area contributed by atoms with Crippen LogP contribution in [0.25, 0.3) is 0 Å². The summed E-state index contributed by atoms with van der Waals surface area (Å²) in [7, 11) is 1.57. The second-order valence-electron chi connectivity index (χ2n) is 3.66. The lowest BCUT2D eigenvalue weighted by Crippen LogP contribution is -2.34. The number of hydrogen-bond donors (Lipinski definition) is 0. The highest BCUT2D eigenvalue weighted by Crippen LogP contribution is 2.15. The van der Waals surface area contributed by atoms with Gasteiger partial charge in [-0.05, 0) is 25.1 Å². The van der Waals surface area contributed by atoms with E-state index < -0.39 is 0 Å². The van der Waals surface area contributed by atoms with Gasteiger partial charge < -0.3 is 14.4 Å². The largest absolute Gasteiger partial charge is 0.382 e. The summed E-state index contributed by atoms with van der Waals surface area (Å²) < 4.78 is 23.1. The van der Waals surface area contributed by atoms with Gasteiger partial charge in [0.1, 0.15) is 12.4 Å². The van der Waals surface area contributed by atoms with Gasteiger partial charge in [-0.1, -0.05) is 6.07 Å². The zero-order valence-electron chi connectivity index (χ0n) is 10.7. The number of amides is 1. The number of hydrogen-bond acceptors (Lipinski definition) is 3. The fourth-order valence-corrected chi connectivity index (χ4v) is 1.53. The van der Waals surface area contributed by atoms with Crippen LogP contribution >= 0.6 is 0 Å². The van der Waals surface area contributed by atoms with Crippen molar-refractivity contribution in [3.8, 4) is 0 Å². The molecule has 5 heteroatoms. The first-order valence-electron chi connectivity index (χ1n) is 5.81. The van der Waals surface area contributed by atoms with Crippen molar-refractivity contribution < 1.29 is 18.7 Å². The molecule has 0 spiro atoms. The molecule has 0 aromatic heterocycles. The maximum atomic E-state index is 13.1. The van der Waals surface area contributed by atoms with Crippen LogP contribution in [0, 0.1) is 5.82 Å². The maximum absolute atomic E-state index is 13.1. The third-order valence-corrected chi connectivity index (χ3v) is 2.39. The van der Waals surface area contributed by atoms with Gasteiger partial charge in [0.2, 0.25) is 0 Å². The van der Waals surface area contributed by atoms with Crippen LogP contribution in [0.1, 0.15) is 6.92 Å². The lowest BCUT2D eigenvalue weighted by Gasteiger charge is -2.21. The van der Waals surface area contributed by atoms with Crippen molar-refractivity contribution >= 4 is 11.6 Å². The first-order chi connectivity index (χ1) is 8.69. The minimum Gasteiger partial charge on any atom is -0.382 e. The Morgan fingerprint density at radius 2 is 2.17 bits per heavy atom. The number of nitrogens with zero attached hydrogens (tertiary/aromatic N) is 1. The number of carbonyl (C=O) groups is 1. The minimum atomic E-state index is -0.362. The van der Waals surface area contributed by atoms with E-state index in [2.05, 4.69) is 0 Å².